The molecule has 0 aliphatic carbocycles. The van der Waals surface area contributed by atoms with Crippen LogP contribution in [0.15, 0.2) is 40.3 Å². The molecule has 0 saturated heterocycles. The van der Waals surface area contributed by atoms with Gasteiger partial charge in [-0.05, 0) is 43.4 Å². The molecule has 27 heavy (non-hydrogen) atoms. The molecular weight excluding hydrogens is 382 g/mol. The molecule has 0 bridgehead atoms. The Balaban J connectivity index is 2.07. The van der Waals surface area contributed by atoms with E-state index < -0.39 is 5.25 Å². The highest BCUT2D eigenvalue weighted by atomic mass is 32.2. The minimum atomic E-state index is -0.394. The van der Waals surface area contributed by atoms with Gasteiger partial charge in [0.2, 0.25) is 5.91 Å². The largest absolute Gasteiger partial charge is 0.325 e. The monoisotopic (exact) mass is 405 g/mol. The summed E-state index contributed by atoms with van der Waals surface area (Å²) in [5.41, 5.74) is 1.72. The molecule has 0 saturated carbocycles. The van der Waals surface area contributed by atoms with Crippen molar-refractivity contribution in [3.63, 3.8) is 0 Å². The average molecular weight is 406 g/mol. The number of carbonyl (C=O) groups is 2. The van der Waals surface area contributed by atoms with Crippen LogP contribution in [-0.2, 0) is 10.5 Å². The smallest absolute Gasteiger partial charge is 0.251 e. The van der Waals surface area contributed by atoms with Crippen molar-refractivity contribution in [2.75, 3.05) is 11.1 Å². The first-order chi connectivity index (χ1) is 12.9. The fourth-order valence-electron chi connectivity index (χ4n) is 2.29. The summed E-state index contributed by atoms with van der Waals surface area (Å²) in [4.78, 5) is 42.9. The molecule has 2 rings (SSSR count). The fourth-order valence-corrected chi connectivity index (χ4v) is 3.78. The van der Waals surface area contributed by atoms with Crippen molar-refractivity contribution in [3.05, 3.63) is 51.9 Å². The third kappa shape index (κ3) is 6.55. The van der Waals surface area contributed by atoms with Gasteiger partial charge in [-0.2, -0.15) is 11.8 Å². The van der Waals surface area contributed by atoms with Gasteiger partial charge in [0.25, 0.3) is 5.56 Å². The molecule has 0 fully saturated rings. The third-order valence-electron chi connectivity index (χ3n) is 3.70. The van der Waals surface area contributed by atoms with E-state index in [1.165, 1.54) is 24.8 Å². The molecule has 0 spiro atoms. The van der Waals surface area contributed by atoms with Crippen LogP contribution >= 0.6 is 23.5 Å². The van der Waals surface area contributed by atoms with Crippen LogP contribution < -0.4 is 10.9 Å². The second-order valence-electron chi connectivity index (χ2n) is 5.82. The zero-order valence-corrected chi connectivity index (χ0v) is 17.2. The van der Waals surface area contributed by atoms with Crippen LogP contribution in [0.25, 0.3) is 0 Å². The summed E-state index contributed by atoms with van der Waals surface area (Å²) in [5, 5.41) is 2.90. The van der Waals surface area contributed by atoms with E-state index in [2.05, 4.69) is 15.3 Å². The lowest BCUT2D eigenvalue weighted by molar-refractivity contribution is -0.115. The highest BCUT2D eigenvalue weighted by Crippen LogP contribution is 2.24. The molecule has 1 aromatic heterocycles. The third-order valence-corrected chi connectivity index (χ3v) is 5.86. The summed E-state index contributed by atoms with van der Waals surface area (Å²) in [5.74, 6) is 1.42. The molecular formula is C19H23N3O3S2. The van der Waals surface area contributed by atoms with E-state index in [-0.39, 0.29) is 17.2 Å². The highest BCUT2D eigenvalue weighted by Gasteiger charge is 2.20. The Kier molecular flexibility index (Phi) is 8.12. The number of rotatable bonds is 9. The summed E-state index contributed by atoms with van der Waals surface area (Å²) in [6.07, 6.45) is 0.583. The molecule has 1 unspecified atom stereocenters. The van der Waals surface area contributed by atoms with Gasteiger partial charge in [0.05, 0.1) is 10.9 Å². The van der Waals surface area contributed by atoms with Crippen molar-refractivity contribution >= 4 is 40.9 Å². The van der Waals surface area contributed by atoms with E-state index in [9.17, 15) is 14.4 Å². The molecule has 8 heteroatoms. The molecule has 0 aliphatic rings. The van der Waals surface area contributed by atoms with Crippen LogP contribution in [0.1, 0.15) is 43.2 Å². The molecule has 0 radical (unpaired) electrons. The van der Waals surface area contributed by atoms with Gasteiger partial charge in [0, 0.05) is 23.1 Å². The maximum absolute atomic E-state index is 12.6. The zero-order valence-electron chi connectivity index (χ0n) is 15.6. The van der Waals surface area contributed by atoms with Crippen LogP contribution in [-0.4, -0.2) is 32.7 Å². The SMILES string of the molecule is CCSCc1cc(=O)[nH]c(SC(CC)C(=O)Nc2ccc(C(C)=O)cc2)n1. The van der Waals surface area contributed by atoms with Gasteiger partial charge < -0.3 is 10.3 Å². The lowest BCUT2D eigenvalue weighted by atomic mass is 10.1. The maximum atomic E-state index is 12.6. The molecule has 0 aliphatic heterocycles. The van der Waals surface area contributed by atoms with E-state index in [0.29, 0.717) is 34.3 Å². The van der Waals surface area contributed by atoms with Crippen molar-refractivity contribution < 1.29 is 9.59 Å². The Morgan fingerprint density at radius 3 is 2.52 bits per heavy atom. The number of nitrogens with zero attached hydrogens (tertiary/aromatic N) is 1. The molecule has 1 aromatic carbocycles. The first-order valence-corrected chi connectivity index (χ1v) is 10.7. The molecule has 1 atom stereocenters. The molecule has 144 valence electrons. The van der Waals surface area contributed by atoms with Crippen molar-refractivity contribution in [2.24, 2.45) is 0 Å². The number of thioether (sulfide) groups is 2. The van der Waals surface area contributed by atoms with Crippen LogP contribution in [0.2, 0.25) is 0 Å². The fraction of sp³-hybridized carbons (Fsp3) is 0.368. The Morgan fingerprint density at radius 1 is 1.22 bits per heavy atom. The quantitative estimate of drug-likeness (QED) is 0.375. The Hall–Kier alpha value is -2.06. The molecule has 2 aromatic rings. The highest BCUT2D eigenvalue weighted by molar-refractivity contribution is 8.00. The van der Waals surface area contributed by atoms with Gasteiger partial charge >= 0.3 is 0 Å². The van der Waals surface area contributed by atoms with Gasteiger partial charge in [-0.3, -0.25) is 14.4 Å². The second kappa shape index (κ2) is 10.3. The van der Waals surface area contributed by atoms with Gasteiger partial charge in [0.15, 0.2) is 10.9 Å². The Labute approximate surface area is 166 Å². The summed E-state index contributed by atoms with van der Waals surface area (Å²) < 4.78 is 0. The van der Waals surface area contributed by atoms with Crippen molar-refractivity contribution in [1.29, 1.82) is 0 Å². The summed E-state index contributed by atoms with van der Waals surface area (Å²) >= 11 is 2.93. The van der Waals surface area contributed by atoms with Crippen LogP contribution in [0.4, 0.5) is 5.69 Å². The number of carbonyl (C=O) groups excluding carboxylic acids is 2. The Bertz CT molecular complexity index is 850. The normalized spacial score (nSPS) is 11.8. The minimum Gasteiger partial charge on any atom is -0.325 e. The van der Waals surface area contributed by atoms with Crippen molar-refractivity contribution in [1.82, 2.24) is 9.97 Å². The Morgan fingerprint density at radius 2 is 1.93 bits per heavy atom. The number of hydrogen-bond acceptors (Lipinski definition) is 6. The number of nitrogens with one attached hydrogen (secondary N) is 2. The van der Waals surface area contributed by atoms with Gasteiger partial charge in [-0.1, -0.05) is 25.6 Å². The number of aromatic amines is 1. The van der Waals surface area contributed by atoms with Gasteiger partial charge in [-0.15, -0.1) is 0 Å². The van der Waals surface area contributed by atoms with E-state index >= 15 is 0 Å². The number of H-pyrrole nitrogens is 1. The standard InChI is InChI=1S/C19H23N3O3S2/c1-4-16(18(25)20-14-8-6-13(7-9-14)12(3)23)27-19-21-15(11-26-5-2)10-17(24)22-19/h6-10,16H,4-5,11H2,1-3H3,(H,20,25)(H,21,22,24). The number of aromatic nitrogens is 2. The summed E-state index contributed by atoms with van der Waals surface area (Å²) in [6, 6.07) is 8.26. The number of hydrogen-bond donors (Lipinski definition) is 2. The van der Waals surface area contributed by atoms with E-state index in [0.717, 1.165) is 5.75 Å². The predicted molar refractivity (Wildman–Crippen MR) is 112 cm³/mol. The zero-order chi connectivity index (χ0) is 19.8. The van der Waals surface area contributed by atoms with Crippen LogP contribution in [0.5, 0.6) is 0 Å². The first-order valence-electron chi connectivity index (χ1n) is 8.69. The van der Waals surface area contributed by atoms with Crippen LogP contribution in [0.3, 0.4) is 0 Å². The number of ketones is 1. The minimum absolute atomic E-state index is 0.0222. The number of benzene rings is 1. The lowest BCUT2D eigenvalue weighted by Gasteiger charge is -2.14. The van der Waals surface area contributed by atoms with Gasteiger partial charge in [-0.25, -0.2) is 4.98 Å². The topological polar surface area (TPSA) is 91.9 Å². The number of amides is 1. The van der Waals surface area contributed by atoms with E-state index in [1.807, 2.05) is 13.8 Å². The average Bonchev–Trinajstić information content (AvgIpc) is 2.64. The van der Waals surface area contributed by atoms with Crippen molar-refractivity contribution in [3.8, 4) is 0 Å². The summed E-state index contributed by atoms with van der Waals surface area (Å²) in [6.45, 7) is 5.46. The molecule has 2 N–H and O–H groups in total. The first kappa shape index (κ1) is 21.2. The van der Waals surface area contributed by atoms with Crippen molar-refractivity contribution in [2.45, 2.75) is 43.4 Å². The maximum Gasteiger partial charge on any atom is 0.251 e. The molecule has 6 nitrogen and oxygen atoms in total. The molecule has 1 amide bonds. The molecule has 1 heterocycles. The second-order valence-corrected chi connectivity index (χ2v) is 8.28. The van der Waals surface area contributed by atoms with E-state index in [4.69, 9.17) is 0 Å². The van der Waals surface area contributed by atoms with Gasteiger partial charge in [0.1, 0.15) is 0 Å². The van der Waals surface area contributed by atoms with Crippen LogP contribution in [0, 0.1) is 0 Å². The predicted octanol–water partition coefficient (Wildman–Crippen LogP) is 3.74. The number of Topliss-reactive ketones (excluding diaryl/α,β-unsaturated/α-hetero) is 1. The summed E-state index contributed by atoms with van der Waals surface area (Å²) in [7, 11) is 0. The van der Waals surface area contributed by atoms with E-state index in [1.54, 1.807) is 36.0 Å². The number of anilines is 1. The lowest BCUT2D eigenvalue weighted by Crippen LogP contribution is -2.25.